The lowest BCUT2D eigenvalue weighted by molar-refractivity contribution is 1.08. The van der Waals surface area contributed by atoms with Gasteiger partial charge >= 0.3 is 0 Å². The van der Waals surface area contributed by atoms with Crippen LogP contribution in [0.15, 0.2) is 115 Å². The summed E-state index contributed by atoms with van der Waals surface area (Å²) in [6, 6.07) is 40.1. The van der Waals surface area contributed by atoms with Crippen molar-refractivity contribution in [2.75, 3.05) is 0 Å². The van der Waals surface area contributed by atoms with Crippen molar-refractivity contribution in [1.29, 1.82) is 0 Å². The van der Waals surface area contributed by atoms with E-state index in [4.69, 9.17) is 9.97 Å². The fourth-order valence-corrected chi connectivity index (χ4v) is 4.90. The summed E-state index contributed by atoms with van der Waals surface area (Å²) in [5.41, 5.74) is 4.27. The first-order valence-corrected chi connectivity index (χ1v) is 11.1. The van der Waals surface area contributed by atoms with Gasteiger partial charge in [-0.3, -0.25) is 4.57 Å². The van der Waals surface area contributed by atoms with Crippen LogP contribution in [-0.4, -0.2) is 14.5 Å². The van der Waals surface area contributed by atoms with Crippen LogP contribution in [0.1, 0.15) is 0 Å². The number of nitrogens with zero attached hydrogens (tertiary/aromatic N) is 3. The standard InChI is InChI=1S/C30H19N3/c1-2-11-21(12-3-1)29-31-26-16-8-6-15-25(26)30(32-29)33-27-17-9-7-14-23(27)24-19-18-20-10-4-5-13-22(20)28(24)33/h1-19H. The third-order valence-electron chi connectivity index (χ3n) is 6.39. The molecular formula is C30H19N3. The number of benzene rings is 5. The van der Waals surface area contributed by atoms with Crippen molar-refractivity contribution in [3.8, 4) is 17.2 Å². The van der Waals surface area contributed by atoms with Crippen molar-refractivity contribution >= 4 is 43.5 Å². The van der Waals surface area contributed by atoms with Crippen LogP contribution >= 0.6 is 0 Å². The second-order valence-electron chi connectivity index (χ2n) is 8.29. The van der Waals surface area contributed by atoms with Crippen molar-refractivity contribution in [2.45, 2.75) is 0 Å². The smallest absolute Gasteiger partial charge is 0.162 e. The maximum atomic E-state index is 5.17. The molecule has 0 N–H and O–H groups in total. The average molecular weight is 422 g/mol. The molecule has 0 bridgehead atoms. The van der Waals surface area contributed by atoms with Crippen LogP contribution in [0.25, 0.3) is 60.7 Å². The minimum atomic E-state index is 0.732. The summed E-state index contributed by atoms with van der Waals surface area (Å²) in [5.74, 6) is 1.64. The molecule has 7 rings (SSSR count). The van der Waals surface area contributed by atoms with Crippen LogP contribution in [0, 0.1) is 0 Å². The van der Waals surface area contributed by atoms with Gasteiger partial charge in [0.25, 0.3) is 0 Å². The van der Waals surface area contributed by atoms with E-state index in [0.717, 1.165) is 33.6 Å². The van der Waals surface area contributed by atoms with Gasteiger partial charge in [-0.15, -0.1) is 0 Å². The first-order valence-electron chi connectivity index (χ1n) is 11.1. The van der Waals surface area contributed by atoms with Gasteiger partial charge in [-0.1, -0.05) is 97.1 Å². The molecule has 7 aromatic rings. The van der Waals surface area contributed by atoms with Crippen LogP contribution < -0.4 is 0 Å². The Balaban J connectivity index is 1.71. The largest absolute Gasteiger partial charge is 0.293 e. The molecule has 0 fully saturated rings. The highest BCUT2D eigenvalue weighted by molar-refractivity contribution is 6.19. The minimum Gasteiger partial charge on any atom is -0.293 e. The molecule has 0 aliphatic rings. The lowest BCUT2D eigenvalue weighted by Gasteiger charge is -2.13. The highest BCUT2D eigenvalue weighted by Crippen LogP contribution is 2.37. The fraction of sp³-hybridized carbons (Fsp3) is 0. The minimum absolute atomic E-state index is 0.732. The molecule has 0 amide bonds. The Morgan fingerprint density at radius 2 is 1.18 bits per heavy atom. The molecule has 0 radical (unpaired) electrons. The molecule has 0 atom stereocenters. The van der Waals surface area contributed by atoms with Crippen molar-refractivity contribution < 1.29 is 0 Å². The van der Waals surface area contributed by atoms with Gasteiger partial charge in [0.1, 0.15) is 5.82 Å². The summed E-state index contributed by atoms with van der Waals surface area (Å²) in [7, 11) is 0. The highest BCUT2D eigenvalue weighted by Gasteiger charge is 2.18. The summed E-state index contributed by atoms with van der Waals surface area (Å²) in [5, 5.41) is 5.93. The number of hydrogen-bond acceptors (Lipinski definition) is 2. The van der Waals surface area contributed by atoms with E-state index in [1.165, 1.54) is 27.1 Å². The lowest BCUT2D eigenvalue weighted by Crippen LogP contribution is -2.02. The monoisotopic (exact) mass is 421 g/mol. The van der Waals surface area contributed by atoms with Crippen LogP contribution in [0.2, 0.25) is 0 Å². The number of para-hydroxylation sites is 2. The Labute approximate surface area is 190 Å². The van der Waals surface area contributed by atoms with Gasteiger partial charge in [0.05, 0.1) is 16.6 Å². The van der Waals surface area contributed by atoms with E-state index >= 15 is 0 Å². The Morgan fingerprint density at radius 1 is 0.485 bits per heavy atom. The van der Waals surface area contributed by atoms with Gasteiger partial charge in [0.15, 0.2) is 5.82 Å². The molecule has 0 unspecified atom stereocenters. The Hall–Kier alpha value is -4.50. The van der Waals surface area contributed by atoms with Gasteiger partial charge in [-0.25, -0.2) is 9.97 Å². The topological polar surface area (TPSA) is 30.7 Å². The van der Waals surface area contributed by atoms with Crippen molar-refractivity contribution in [1.82, 2.24) is 14.5 Å². The summed E-state index contributed by atoms with van der Waals surface area (Å²) in [4.78, 5) is 10.1. The summed E-state index contributed by atoms with van der Waals surface area (Å²) >= 11 is 0. The predicted molar refractivity (Wildman–Crippen MR) is 137 cm³/mol. The van der Waals surface area contributed by atoms with E-state index in [9.17, 15) is 0 Å². The summed E-state index contributed by atoms with van der Waals surface area (Å²) < 4.78 is 2.32. The van der Waals surface area contributed by atoms with E-state index in [2.05, 4.69) is 95.6 Å². The van der Waals surface area contributed by atoms with Gasteiger partial charge in [-0.2, -0.15) is 0 Å². The Bertz CT molecular complexity index is 1810. The van der Waals surface area contributed by atoms with Crippen molar-refractivity contribution in [3.05, 3.63) is 115 Å². The Morgan fingerprint density at radius 3 is 2.06 bits per heavy atom. The predicted octanol–water partition coefficient (Wildman–Crippen LogP) is 7.55. The maximum absolute atomic E-state index is 5.17. The van der Waals surface area contributed by atoms with Crippen LogP contribution in [0.3, 0.4) is 0 Å². The lowest BCUT2D eigenvalue weighted by atomic mass is 10.1. The molecule has 2 heterocycles. The molecule has 0 saturated carbocycles. The quantitative estimate of drug-likeness (QED) is 0.289. The molecule has 3 heteroatoms. The van der Waals surface area contributed by atoms with Crippen molar-refractivity contribution in [2.24, 2.45) is 0 Å². The Kier molecular flexibility index (Phi) is 3.84. The van der Waals surface area contributed by atoms with E-state index in [-0.39, 0.29) is 0 Å². The van der Waals surface area contributed by atoms with E-state index in [0.29, 0.717) is 0 Å². The van der Waals surface area contributed by atoms with Crippen molar-refractivity contribution in [3.63, 3.8) is 0 Å². The van der Waals surface area contributed by atoms with Gasteiger partial charge in [0.2, 0.25) is 0 Å². The normalized spacial score (nSPS) is 11.6. The summed E-state index contributed by atoms with van der Waals surface area (Å²) in [6.45, 7) is 0. The van der Waals surface area contributed by atoms with Crippen LogP contribution in [-0.2, 0) is 0 Å². The molecule has 33 heavy (non-hydrogen) atoms. The van der Waals surface area contributed by atoms with E-state index in [1.54, 1.807) is 0 Å². The first-order chi connectivity index (χ1) is 16.4. The average Bonchev–Trinajstić information content (AvgIpc) is 3.23. The third kappa shape index (κ3) is 2.69. The SMILES string of the molecule is c1ccc(-c2nc(-n3c4ccccc4c4ccc5ccccc5c43)c3ccccc3n2)cc1. The highest BCUT2D eigenvalue weighted by atomic mass is 15.1. The van der Waals surface area contributed by atoms with E-state index in [1.807, 2.05) is 24.3 Å². The van der Waals surface area contributed by atoms with Gasteiger partial charge in [-0.05, 0) is 23.6 Å². The molecule has 3 nitrogen and oxygen atoms in total. The van der Waals surface area contributed by atoms with Gasteiger partial charge in [0, 0.05) is 27.1 Å². The number of aromatic nitrogens is 3. The first kappa shape index (κ1) is 18.1. The summed E-state index contributed by atoms with van der Waals surface area (Å²) in [6.07, 6.45) is 0. The molecule has 0 aliphatic heterocycles. The second-order valence-corrected chi connectivity index (χ2v) is 8.29. The second kappa shape index (κ2) is 7.01. The fourth-order valence-electron chi connectivity index (χ4n) is 4.90. The zero-order valence-electron chi connectivity index (χ0n) is 17.8. The number of fused-ring (bicyclic) bond motifs is 6. The number of rotatable bonds is 2. The van der Waals surface area contributed by atoms with E-state index < -0.39 is 0 Å². The third-order valence-corrected chi connectivity index (χ3v) is 6.39. The molecule has 2 aromatic heterocycles. The molecule has 0 saturated heterocycles. The van der Waals surface area contributed by atoms with Gasteiger partial charge < -0.3 is 0 Å². The molecule has 0 spiro atoms. The zero-order valence-corrected chi connectivity index (χ0v) is 17.8. The number of hydrogen-bond donors (Lipinski definition) is 0. The zero-order chi connectivity index (χ0) is 21.8. The molecule has 154 valence electrons. The van der Waals surface area contributed by atoms with Crippen LogP contribution in [0.5, 0.6) is 0 Å². The maximum Gasteiger partial charge on any atom is 0.162 e. The molecule has 0 aliphatic carbocycles. The van der Waals surface area contributed by atoms with Crippen LogP contribution in [0.4, 0.5) is 0 Å². The molecular weight excluding hydrogens is 402 g/mol. The molecule has 5 aromatic carbocycles.